The number of rotatable bonds is 6. The standard InChI is InChI=1S/C23H25N5O4S/c1-16-10-17(2)12-19(11-16)23-25-15-27(26-23)14-21(22(24)29)18-4-3-5-20(13-18)33(30,31)28-6-8-32-9-7-28/h3-5,10-15H,6-9H2,1-2H3,(H2,24,29)/b21-14+. The van der Waals surface area contributed by atoms with Gasteiger partial charge in [0, 0.05) is 24.9 Å². The summed E-state index contributed by atoms with van der Waals surface area (Å²) in [6.07, 6.45) is 2.92. The zero-order valence-corrected chi connectivity index (χ0v) is 19.2. The Balaban J connectivity index is 1.68. The van der Waals surface area contributed by atoms with Gasteiger partial charge in [0.2, 0.25) is 10.0 Å². The van der Waals surface area contributed by atoms with E-state index in [-0.39, 0.29) is 23.6 Å². The third kappa shape index (κ3) is 5.03. The molecule has 0 unspecified atom stereocenters. The van der Waals surface area contributed by atoms with Crippen molar-refractivity contribution >= 4 is 27.7 Å². The Morgan fingerprint density at radius 1 is 1.09 bits per heavy atom. The normalized spacial score (nSPS) is 15.5. The van der Waals surface area contributed by atoms with E-state index >= 15 is 0 Å². The molecule has 0 radical (unpaired) electrons. The summed E-state index contributed by atoms with van der Waals surface area (Å²) in [5, 5.41) is 4.44. The average Bonchev–Trinajstić information content (AvgIpc) is 3.26. The zero-order chi connectivity index (χ0) is 23.6. The van der Waals surface area contributed by atoms with Crippen LogP contribution in [0.4, 0.5) is 0 Å². The summed E-state index contributed by atoms with van der Waals surface area (Å²) in [5.74, 6) is -0.204. The Morgan fingerprint density at radius 3 is 2.45 bits per heavy atom. The lowest BCUT2D eigenvalue weighted by Gasteiger charge is -2.26. The van der Waals surface area contributed by atoms with Crippen LogP contribution in [0.1, 0.15) is 16.7 Å². The third-order valence-corrected chi connectivity index (χ3v) is 7.16. The largest absolute Gasteiger partial charge is 0.379 e. The fourth-order valence-electron chi connectivity index (χ4n) is 3.75. The topological polar surface area (TPSA) is 120 Å². The number of hydrogen-bond donors (Lipinski definition) is 1. The SMILES string of the molecule is Cc1cc(C)cc(-c2ncn(/C=C(/C(N)=O)c3cccc(S(=O)(=O)N4CCOCC4)c3)n2)c1. The third-order valence-electron chi connectivity index (χ3n) is 5.27. The lowest BCUT2D eigenvalue weighted by atomic mass is 10.1. The molecule has 0 aliphatic carbocycles. The monoisotopic (exact) mass is 467 g/mol. The highest BCUT2D eigenvalue weighted by Crippen LogP contribution is 2.23. The van der Waals surface area contributed by atoms with Crippen molar-refractivity contribution in [2.45, 2.75) is 18.7 Å². The number of nitrogens with zero attached hydrogens (tertiary/aromatic N) is 4. The molecule has 172 valence electrons. The van der Waals surface area contributed by atoms with E-state index in [9.17, 15) is 13.2 Å². The van der Waals surface area contributed by atoms with Crippen molar-refractivity contribution in [2.75, 3.05) is 26.3 Å². The number of carbonyl (C=O) groups excluding carboxylic acids is 1. The van der Waals surface area contributed by atoms with Crippen molar-refractivity contribution in [3.8, 4) is 11.4 Å². The molecule has 2 N–H and O–H groups in total. The van der Waals surface area contributed by atoms with Crippen LogP contribution in [0.2, 0.25) is 0 Å². The summed E-state index contributed by atoms with van der Waals surface area (Å²) in [7, 11) is -3.72. The predicted molar refractivity (Wildman–Crippen MR) is 124 cm³/mol. The van der Waals surface area contributed by atoms with Crippen LogP contribution in [0.5, 0.6) is 0 Å². The molecular weight excluding hydrogens is 442 g/mol. The highest BCUT2D eigenvalue weighted by atomic mass is 32.2. The summed E-state index contributed by atoms with van der Waals surface area (Å²) in [5.41, 5.74) is 9.16. The second kappa shape index (κ2) is 9.26. The number of morpholine rings is 1. The minimum absolute atomic E-state index is 0.0866. The van der Waals surface area contributed by atoms with Gasteiger partial charge in [-0.05, 0) is 43.7 Å². The van der Waals surface area contributed by atoms with Crippen LogP contribution in [-0.2, 0) is 19.6 Å². The van der Waals surface area contributed by atoms with E-state index in [1.165, 1.54) is 33.6 Å². The Kier molecular flexibility index (Phi) is 6.41. The molecule has 2 aromatic carbocycles. The first-order chi connectivity index (χ1) is 15.7. The second-order valence-electron chi connectivity index (χ2n) is 7.88. The molecule has 4 rings (SSSR count). The predicted octanol–water partition coefficient (Wildman–Crippen LogP) is 2.07. The lowest BCUT2D eigenvalue weighted by molar-refractivity contribution is -0.112. The molecule has 10 heteroatoms. The molecule has 0 atom stereocenters. The minimum Gasteiger partial charge on any atom is -0.379 e. The van der Waals surface area contributed by atoms with E-state index in [1.54, 1.807) is 12.1 Å². The van der Waals surface area contributed by atoms with Gasteiger partial charge in [-0.1, -0.05) is 29.3 Å². The molecule has 1 aliphatic heterocycles. The maximum atomic E-state index is 13.0. The van der Waals surface area contributed by atoms with Gasteiger partial charge in [0.15, 0.2) is 5.82 Å². The Labute approximate surface area is 192 Å². The summed E-state index contributed by atoms with van der Waals surface area (Å²) in [6, 6.07) is 12.2. The molecule has 0 bridgehead atoms. The number of nitrogens with two attached hydrogens (primary N) is 1. The van der Waals surface area contributed by atoms with E-state index in [4.69, 9.17) is 10.5 Å². The number of hydrogen-bond acceptors (Lipinski definition) is 6. The minimum atomic E-state index is -3.72. The summed E-state index contributed by atoms with van der Waals surface area (Å²) in [4.78, 5) is 16.7. The number of aromatic nitrogens is 3. The van der Waals surface area contributed by atoms with Crippen LogP contribution < -0.4 is 5.73 Å². The fourth-order valence-corrected chi connectivity index (χ4v) is 5.20. The number of aryl methyl sites for hydroxylation is 2. The molecule has 1 aromatic heterocycles. The number of carbonyl (C=O) groups is 1. The van der Waals surface area contributed by atoms with Crippen molar-refractivity contribution in [2.24, 2.45) is 5.73 Å². The van der Waals surface area contributed by atoms with Gasteiger partial charge in [0.25, 0.3) is 5.91 Å². The smallest absolute Gasteiger partial charge is 0.250 e. The van der Waals surface area contributed by atoms with Crippen LogP contribution in [0.25, 0.3) is 23.2 Å². The van der Waals surface area contributed by atoms with Crippen LogP contribution in [0.3, 0.4) is 0 Å². The van der Waals surface area contributed by atoms with Crippen molar-refractivity contribution in [3.05, 3.63) is 65.5 Å². The first-order valence-corrected chi connectivity index (χ1v) is 11.9. The second-order valence-corrected chi connectivity index (χ2v) is 9.81. The molecule has 1 fully saturated rings. The molecule has 1 amide bonds. The van der Waals surface area contributed by atoms with Gasteiger partial charge in [-0.15, -0.1) is 5.10 Å². The molecule has 2 heterocycles. The molecule has 9 nitrogen and oxygen atoms in total. The van der Waals surface area contributed by atoms with E-state index in [2.05, 4.69) is 16.1 Å². The molecule has 33 heavy (non-hydrogen) atoms. The lowest BCUT2D eigenvalue weighted by Crippen LogP contribution is -2.40. The average molecular weight is 468 g/mol. The molecule has 0 spiro atoms. The summed E-state index contributed by atoms with van der Waals surface area (Å²) in [6.45, 7) is 5.25. The number of benzene rings is 2. The molecule has 1 saturated heterocycles. The summed E-state index contributed by atoms with van der Waals surface area (Å²) < 4.78 is 34.0. The molecule has 3 aromatic rings. The Morgan fingerprint density at radius 2 is 1.79 bits per heavy atom. The number of ether oxygens (including phenoxy) is 1. The van der Waals surface area contributed by atoms with Gasteiger partial charge < -0.3 is 10.5 Å². The van der Waals surface area contributed by atoms with Crippen molar-refractivity contribution in [1.29, 1.82) is 0 Å². The first kappa shape index (κ1) is 22.8. The Hall–Kier alpha value is -3.34. The van der Waals surface area contributed by atoms with Crippen LogP contribution in [-0.4, -0.2) is 59.7 Å². The van der Waals surface area contributed by atoms with Gasteiger partial charge in [0.1, 0.15) is 6.33 Å². The van der Waals surface area contributed by atoms with E-state index < -0.39 is 15.9 Å². The van der Waals surface area contributed by atoms with Gasteiger partial charge in [0.05, 0.1) is 23.7 Å². The van der Waals surface area contributed by atoms with Crippen molar-refractivity contribution in [3.63, 3.8) is 0 Å². The van der Waals surface area contributed by atoms with Crippen LogP contribution >= 0.6 is 0 Å². The molecular formula is C23H25N5O4S. The maximum absolute atomic E-state index is 13.0. The van der Waals surface area contributed by atoms with Crippen LogP contribution in [0.15, 0.2) is 53.7 Å². The van der Waals surface area contributed by atoms with Crippen molar-refractivity contribution < 1.29 is 17.9 Å². The van der Waals surface area contributed by atoms with Gasteiger partial charge >= 0.3 is 0 Å². The molecule has 1 aliphatic rings. The van der Waals surface area contributed by atoms with Gasteiger partial charge in [-0.25, -0.2) is 18.1 Å². The quantitative estimate of drug-likeness (QED) is 0.554. The van der Waals surface area contributed by atoms with Gasteiger partial charge in [-0.2, -0.15) is 4.31 Å². The molecule has 0 saturated carbocycles. The zero-order valence-electron chi connectivity index (χ0n) is 18.4. The van der Waals surface area contributed by atoms with Crippen LogP contribution in [0, 0.1) is 13.8 Å². The maximum Gasteiger partial charge on any atom is 0.250 e. The highest BCUT2D eigenvalue weighted by molar-refractivity contribution is 7.89. The van der Waals surface area contributed by atoms with Gasteiger partial charge in [-0.3, -0.25) is 4.79 Å². The highest BCUT2D eigenvalue weighted by Gasteiger charge is 2.27. The number of primary amides is 1. The van der Waals surface area contributed by atoms with E-state index in [0.29, 0.717) is 24.6 Å². The number of amides is 1. The fraction of sp³-hybridized carbons (Fsp3) is 0.261. The first-order valence-electron chi connectivity index (χ1n) is 10.4. The Bertz CT molecular complexity index is 1300. The summed E-state index contributed by atoms with van der Waals surface area (Å²) >= 11 is 0. The van der Waals surface area contributed by atoms with Crippen molar-refractivity contribution in [1.82, 2.24) is 19.1 Å². The van der Waals surface area contributed by atoms with E-state index in [0.717, 1.165) is 16.7 Å². The van der Waals surface area contributed by atoms with E-state index in [1.807, 2.05) is 26.0 Å². The number of sulfonamides is 1.